The second-order valence-corrected chi connectivity index (χ2v) is 12.1. The Balaban J connectivity index is 1.35. The van der Waals surface area contributed by atoms with E-state index in [4.69, 9.17) is 10.6 Å². The Morgan fingerprint density at radius 2 is 2.02 bits per heavy atom. The lowest BCUT2D eigenvalue weighted by molar-refractivity contribution is -0.150. The van der Waals surface area contributed by atoms with Crippen molar-refractivity contribution in [3.8, 4) is 5.69 Å². The van der Waals surface area contributed by atoms with E-state index in [0.717, 1.165) is 17.0 Å². The Kier molecular flexibility index (Phi) is 8.65. The normalized spacial score (nSPS) is 18.8. The van der Waals surface area contributed by atoms with Crippen LogP contribution < -0.4 is 11.1 Å². The molecule has 0 aliphatic carbocycles. The van der Waals surface area contributed by atoms with Crippen LogP contribution in [0.15, 0.2) is 68.8 Å². The van der Waals surface area contributed by atoms with Crippen LogP contribution in [0.2, 0.25) is 0 Å². The van der Waals surface area contributed by atoms with Gasteiger partial charge in [0, 0.05) is 16.0 Å². The van der Waals surface area contributed by atoms with Crippen LogP contribution in [-0.2, 0) is 19.2 Å². The Morgan fingerprint density at radius 3 is 2.68 bits per heavy atom. The number of aromatic nitrogens is 3. The van der Waals surface area contributed by atoms with E-state index in [1.54, 1.807) is 22.3 Å². The summed E-state index contributed by atoms with van der Waals surface area (Å²) < 4.78 is 1.71. The number of hydrogen-bond donors (Lipinski definition) is 3. The minimum atomic E-state index is -1.22. The summed E-state index contributed by atoms with van der Waals surface area (Å²) in [6.07, 6.45) is 2.83. The van der Waals surface area contributed by atoms with Gasteiger partial charge in [-0.2, -0.15) is 5.10 Å². The molecule has 1 aromatic carbocycles. The molecule has 15 heteroatoms. The monoisotopic (exact) mass is 613 g/mol. The first-order chi connectivity index (χ1) is 19.8. The molecule has 0 saturated carbocycles. The molecule has 4 N–H and O–H groups in total. The van der Waals surface area contributed by atoms with Crippen molar-refractivity contribution >= 4 is 63.5 Å². The number of β-lactam (4-membered cyclic amide) rings is 1. The van der Waals surface area contributed by atoms with Crippen LogP contribution in [0.4, 0.5) is 5.13 Å². The number of thiazole rings is 1. The van der Waals surface area contributed by atoms with Crippen LogP contribution in [0, 0.1) is 0 Å². The molecule has 41 heavy (non-hydrogen) atoms. The largest absolute Gasteiger partial charge is 0.477 e. The lowest BCUT2D eigenvalue weighted by atomic mass is 10.0. The summed E-state index contributed by atoms with van der Waals surface area (Å²) in [4.78, 5) is 50.4. The predicted octanol–water partition coefficient (Wildman–Crippen LogP) is 3.31. The summed E-state index contributed by atoms with van der Waals surface area (Å²) in [6.45, 7) is 3.89. The van der Waals surface area contributed by atoms with Gasteiger partial charge in [0.05, 0.1) is 11.9 Å². The van der Waals surface area contributed by atoms with Crippen LogP contribution in [0.25, 0.3) is 5.69 Å². The maximum atomic E-state index is 13.3. The van der Waals surface area contributed by atoms with E-state index in [-0.39, 0.29) is 28.3 Å². The van der Waals surface area contributed by atoms with Gasteiger partial charge in [-0.1, -0.05) is 49.0 Å². The molecule has 3 aromatic rings. The lowest BCUT2D eigenvalue weighted by Crippen LogP contribution is -2.71. The molecule has 4 heterocycles. The van der Waals surface area contributed by atoms with Gasteiger partial charge in [0.2, 0.25) is 0 Å². The van der Waals surface area contributed by atoms with Gasteiger partial charge in [0.15, 0.2) is 10.8 Å². The fraction of sp³-hybridized carbons (Fsp3) is 0.308. The number of aliphatic carboxylic acids is 1. The fourth-order valence-electron chi connectivity index (χ4n) is 4.30. The summed E-state index contributed by atoms with van der Waals surface area (Å²) in [7, 11) is 0. The number of carboxylic acids is 1. The van der Waals surface area contributed by atoms with Crippen LogP contribution in [0.3, 0.4) is 0 Å². The van der Waals surface area contributed by atoms with Crippen LogP contribution >= 0.6 is 34.9 Å². The molecule has 5 rings (SSSR count). The lowest BCUT2D eigenvalue weighted by Gasteiger charge is -2.49. The number of nitrogens with two attached hydrogens (primary N) is 1. The minimum Gasteiger partial charge on any atom is -0.477 e. The van der Waals surface area contributed by atoms with Crippen LogP contribution in [-0.4, -0.2) is 71.5 Å². The van der Waals surface area contributed by atoms with Gasteiger partial charge < -0.3 is 21.0 Å². The van der Waals surface area contributed by atoms with E-state index in [2.05, 4.69) is 20.6 Å². The van der Waals surface area contributed by atoms with E-state index in [0.29, 0.717) is 28.5 Å². The number of benzene rings is 1. The van der Waals surface area contributed by atoms with Gasteiger partial charge in [-0.3, -0.25) is 14.5 Å². The quantitative estimate of drug-likeness (QED) is 0.166. The number of rotatable bonds is 11. The first-order valence-electron chi connectivity index (χ1n) is 12.8. The molecule has 2 amide bonds. The molecule has 2 aromatic heterocycles. The molecule has 0 radical (unpaired) electrons. The Morgan fingerprint density at radius 1 is 1.27 bits per heavy atom. The summed E-state index contributed by atoms with van der Waals surface area (Å²) in [5, 5.41) is 23.2. The number of fused-ring (bicyclic) bond motifs is 1. The highest BCUT2D eigenvalue weighted by Crippen LogP contribution is 2.45. The van der Waals surface area contributed by atoms with Gasteiger partial charge in [-0.15, -0.1) is 23.1 Å². The number of oxime groups is 1. The SMILES string of the molecule is CCC(CC)ON=C(C(=O)N[C@@H]1C(=O)N2C(C(=O)O)=C(Sc3ccnn3-c3ccccc3)CS[C@@H]12)c1csc(N)n1. The molecule has 2 aliphatic rings. The second-order valence-electron chi connectivity index (χ2n) is 9.01. The molecule has 0 unspecified atom stereocenters. The number of carbonyl (C=O) groups excluding carboxylic acids is 2. The number of amides is 2. The number of anilines is 1. The average Bonchev–Trinajstić information content (AvgIpc) is 3.62. The smallest absolute Gasteiger partial charge is 0.353 e. The Bertz CT molecular complexity index is 1520. The maximum absolute atomic E-state index is 13.3. The number of para-hydroxylation sites is 1. The van der Waals surface area contributed by atoms with Gasteiger partial charge in [0.1, 0.15) is 33.9 Å². The summed E-state index contributed by atoms with van der Waals surface area (Å²) in [6, 6.07) is 10.3. The summed E-state index contributed by atoms with van der Waals surface area (Å²) in [5.74, 6) is -2.08. The van der Waals surface area contributed by atoms with E-state index in [1.165, 1.54) is 28.4 Å². The third-order valence-electron chi connectivity index (χ3n) is 6.44. The van der Waals surface area contributed by atoms with Crippen molar-refractivity contribution in [1.29, 1.82) is 0 Å². The molecule has 2 aliphatic heterocycles. The topological polar surface area (TPSA) is 165 Å². The number of carboxylic acid groups (broad SMARTS) is 1. The van der Waals surface area contributed by atoms with Gasteiger partial charge >= 0.3 is 5.97 Å². The molecule has 0 spiro atoms. The van der Waals surface area contributed by atoms with Crippen molar-refractivity contribution < 1.29 is 24.3 Å². The number of nitrogens with zero attached hydrogens (tertiary/aromatic N) is 5. The molecular weight excluding hydrogens is 587 g/mol. The van der Waals surface area contributed by atoms with E-state index in [9.17, 15) is 19.5 Å². The number of nitrogens with one attached hydrogen (secondary N) is 1. The van der Waals surface area contributed by atoms with E-state index in [1.807, 2.05) is 44.2 Å². The highest BCUT2D eigenvalue weighted by molar-refractivity contribution is 8.06. The zero-order chi connectivity index (χ0) is 29.1. The molecule has 2 atom stereocenters. The maximum Gasteiger partial charge on any atom is 0.353 e. The number of thioether (sulfide) groups is 2. The Hall–Kier alpha value is -3.82. The molecule has 1 fully saturated rings. The van der Waals surface area contributed by atoms with Crippen molar-refractivity contribution in [3.63, 3.8) is 0 Å². The summed E-state index contributed by atoms with van der Waals surface area (Å²) >= 11 is 3.77. The molecule has 1 saturated heterocycles. The van der Waals surface area contributed by atoms with Gasteiger partial charge in [0.25, 0.3) is 11.8 Å². The molecular formula is C26H27N7O5S3. The third-order valence-corrected chi connectivity index (χ3v) is 9.68. The molecule has 0 bridgehead atoms. The van der Waals surface area contributed by atoms with Crippen LogP contribution in [0.5, 0.6) is 0 Å². The summed E-state index contributed by atoms with van der Waals surface area (Å²) in [5.41, 5.74) is 6.62. The Labute approximate surface area is 248 Å². The predicted molar refractivity (Wildman–Crippen MR) is 158 cm³/mol. The van der Waals surface area contributed by atoms with Crippen molar-refractivity contribution in [1.82, 2.24) is 25.0 Å². The zero-order valence-corrected chi connectivity index (χ0v) is 24.5. The van der Waals surface area contributed by atoms with Gasteiger partial charge in [-0.25, -0.2) is 14.5 Å². The highest BCUT2D eigenvalue weighted by Gasteiger charge is 2.54. The van der Waals surface area contributed by atoms with Crippen molar-refractivity contribution in [2.45, 2.75) is 49.2 Å². The number of hydrogen-bond acceptors (Lipinski definition) is 11. The van der Waals surface area contributed by atoms with E-state index < -0.39 is 29.2 Å². The zero-order valence-electron chi connectivity index (χ0n) is 22.1. The van der Waals surface area contributed by atoms with Crippen LogP contribution in [0.1, 0.15) is 32.4 Å². The standard InChI is InChI=1S/C26H27N7O5S3/c1-3-15(4-2)38-31-19(16-12-40-26(27)29-16)22(34)30-20-23(35)32-21(25(36)37)17(13-39-24(20)32)41-18-10-11-28-33(18)14-8-6-5-7-9-14/h5-12,15,20,24H,3-4,13H2,1-2H3,(H2,27,29)(H,30,34)(H,36,37)/t20-,24+/m1/s1. The average molecular weight is 614 g/mol. The minimum absolute atomic E-state index is 0.101. The van der Waals surface area contributed by atoms with Crippen molar-refractivity contribution in [3.05, 3.63) is 64.3 Å². The van der Waals surface area contributed by atoms with Crippen molar-refractivity contribution in [2.75, 3.05) is 11.5 Å². The molecule has 214 valence electrons. The first kappa shape index (κ1) is 28.7. The molecule has 12 nitrogen and oxygen atoms in total. The number of nitrogen functional groups attached to an aromatic ring is 1. The highest BCUT2D eigenvalue weighted by atomic mass is 32.2. The fourth-order valence-corrected chi connectivity index (χ4v) is 7.39. The third kappa shape index (κ3) is 5.83. The second kappa shape index (κ2) is 12.4. The van der Waals surface area contributed by atoms with Gasteiger partial charge in [-0.05, 0) is 31.0 Å². The van der Waals surface area contributed by atoms with Crippen molar-refractivity contribution in [2.24, 2.45) is 5.16 Å². The van der Waals surface area contributed by atoms with E-state index >= 15 is 0 Å². The number of carbonyl (C=O) groups is 3. The first-order valence-corrected chi connectivity index (χ1v) is 15.5.